The number of hydrogen-bond acceptors (Lipinski definition) is 3. The number of aromatic nitrogens is 3. The van der Waals surface area contributed by atoms with Crippen molar-refractivity contribution in [1.29, 1.82) is 0 Å². The van der Waals surface area contributed by atoms with Crippen molar-refractivity contribution in [3.05, 3.63) is 83.6 Å². The summed E-state index contributed by atoms with van der Waals surface area (Å²) >= 11 is 0. The van der Waals surface area contributed by atoms with Gasteiger partial charge in [-0.3, -0.25) is 9.20 Å². The molecule has 0 fully saturated rings. The number of carbonyl (C=O) groups is 1. The molecule has 4 aromatic rings. The minimum atomic E-state index is -0.698. The van der Waals surface area contributed by atoms with Crippen molar-refractivity contribution in [1.82, 2.24) is 14.6 Å². The normalized spacial score (nSPS) is 10.9. The second-order valence-corrected chi connectivity index (χ2v) is 6.09. The van der Waals surface area contributed by atoms with E-state index in [1.165, 1.54) is 12.1 Å². The summed E-state index contributed by atoms with van der Waals surface area (Å²) < 4.78 is 28.5. The smallest absolute Gasteiger partial charge is 0.255 e. The first kappa shape index (κ1) is 16.8. The summed E-state index contributed by atoms with van der Waals surface area (Å²) in [5.74, 6) is -1.39. The largest absolute Gasteiger partial charge is 0.322 e. The summed E-state index contributed by atoms with van der Waals surface area (Å²) in [7, 11) is 0. The average molecular weight is 364 g/mol. The third-order valence-corrected chi connectivity index (χ3v) is 4.19. The molecule has 27 heavy (non-hydrogen) atoms. The first-order valence-electron chi connectivity index (χ1n) is 8.19. The SMILES string of the molecule is Cc1ccccc1NC(=O)c1ccn2c(-c3cc(F)cc(F)c3)nnc2c1. The van der Waals surface area contributed by atoms with Crippen LogP contribution in [-0.2, 0) is 0 Å². The summed E-state index contributed by atoms with van der Waals surface area (Å²) in [6, 6.07) is 13.8. The second-order valence-electron chi connectivity index (χ2n) is 6.09. The number of rotatable bonds is 3. The number of nitrogens with one attached hydrogen (secondary N) is 1. The summed E-state index contributed by atoms with van der Waals surface area (Å²) in [5.41, 5.74) is 2.73. The van der Waals surface area contributed by atoms with E-state index in [2.05, 4.69) is 15.5 Å². The van der Waals surface area contributed by atoms with E-state index in [1.54, 1.807) is 22.7 Å². The molecular weight excluding hydrogens is 350 g/mol. The van der Waals surface area contributed by atoms with Gasteiger partial charge in [-0.05, 0) is 42.8 Å². The molecule has 0 spiro atoms. The molecule has 2 heterocycles. The zero-order valence-corrected chi connectivity index (χ0v) is 14.3. The van der Waals surface area contributed by atoms with Gasteiger partial charge >= 0.3 is 0 Å². The number of amides is 1. The number of hydrogen-bond donors (Lipinski definition) is 1. The van der Waals surface area contributed by atoms with Crippen LogP contribution in [0.5, 0.6) is 0 Å². The van der Waals surface area contributed by atoms with E-state index in [4.69, 9.17) is 0 Å². The molecule has 1 N–H and O–H groups in total. The van der Waals surface area contributed by atoms with Gasteiger partial charge in [0.05, 0.1) is 0 Å². The van der Waals surface area contributed by atoms with Gasteiger partial charge in [0, 0.05) is 29.1 Å². The molecule has 5 nitrogen and oxygen atoms in total. The zero-order valence-electron chi connectivity index (χ0n) is 14.3. The van der Waals surface area contributed by atoms with Gasteiger partial charge in [0.15, 0.2) is 11.5 Å². The number of fused-ring (bicyclic) bond motifs is 1. The second kappa shape index (κ2) is 6.60. The molecule has 2 aromatic heterocycles. The highest BCUT2D eigenvalue weighted by Gasteiger charge is 2.14. The molecular formula is C20H14F2N4O. The molecule has 0 aliphatic rings. The van der Waals surface area contributed by atoms with Gasteiger partial charge in [-0.1, -0.05) is 18.2 Å². The van der Waals surface area contributed by atoms with E-state index in [1.807, 2.05) is 31.2 Å². The monoisotopic (exact) mass is 364 g/mol. The Hall–Kier alpha value is -3.61. The lowest BCUT2D eigenvalue weighted by atomic mass is 10.1. The predicted octanol–water partition coefficient (Wildman–Crippen LogP) is 4.24. The predicted molar refractivity (Wildman–Crippen MR) is 97.5 cm³/mol. The van der Waals surface area contributed by atoms with Gasteiger partial charge in [-0.25, -0.2) is 8.78 Å². The molecule has 0 unspecified atom stereocenters. The number of anilines is 1. The van der Waals surface area contributed by atoms with Crippen LogP contribution in [0.2, 0.25) is 0 Å². The molecule has 0 aliphatic carbocycles. The van der Waals surface area contributed by atoms with E-state index < -0.39 is 11.6 Å². The van der Waals surface area contributed by atoms with Crippen LogP contribution in [0.15, 0.2) is 60.8 Å². The standard InChI is InChI=1S/C20H14F2N4O/c1-12-4-2-3-5-17(12)23-20(27)13-6-7-26-18(10-13)24-25-19(26)14-8-15(21)11-16(22)9-14/h2-11H,1H3,(H,23,27). The number of aryl methyl sites for hydroxylation is 1. The molecule has 1 amide bonds. The molecule has 134 valence electrons. The number of carbonyl (C=O) groups excluding carboxylic acids is 1. The Balaban J connectivity index is 1.68. The average Bonchev–Trinajstić information content (AvgIpc) is 3.06. The lowest BCUT2D eigenvalue weighted by Crippen LogP contribution is -2.13. The molecule has 7 heteroatoms. The third kappa shape index (κ3) is 3.27. The van der Waals surface area contributed by atoms with Crippen LogP contribution < -0.4 is 5.32 Å². The third-order valence-electron chi connectivity index (χ3n) is 4.19. The number of para-hydroxylation sites is 1. The van der Waals surface area contributed by atoms with Gasteiger partial charge in [0.25, 0.3) is 5.91 Å². The summed E-state index contributed by atoms with van der Waals surface area (Å²) in [4.78, 5) is 12.5. The Morgan fingerprint density at radius 1 is 1.00 bits per heavy atom. The quantitative estimate of drug-likeness (QED) is 0.592. The van der Waals surface area contributed by atoms with Crippen LogP contribution in [0.25, 0.3) is 17.0 Å². The van der Waals surface area contributed by atoms with Gasteiger partial charge in [-0.2, -0.15) is 0 Å². The van der Waals surface area contributed by atoms with Crippen LogP contribution in [0.4, 0.5) is 14.5 Å². The minimum absolute atomic E-state index is 0.261. The topological polar surface area (TPSA) is 59.3 Å². The lowest BCUT2D eigenvalue weighted by molar-refractivity contribution is 0.102. The Morgan fingerprint density at radius 2 is 1.74 bits per heavy atom. The number of benzene rings is 2. The van der Waals surface area contributed by atoms with Crippen molar-refractivity contribution in [3.63, 3.8) is 0 Å². The van der Waals surface area contributed by atoms with Crippen molar-refractivity contribution in [2.24, 2.45) is 0 Å². The number of pyridine rings is 1. The van der Waals surface area contributed by atoms with E-state index in [0.29, 0.717) is 11.2 Å². The first-order chi connectivity index (χ1) is 13.0. The minimum Gasteiger partial charge on any atom is -0.322 e. The Bertz CT molecular complexity index is 1150. The van der Waals surface area contributed by atoms with E-state index in [0.717, 1.165) is 17.3 Å². The van der Waals surface area contributed by atoms with E-state index in [9.17, 15) is 13.6 Å². The molecule has 0 radical (unpaired) electrons. The van der Waals surface area contributed by atoms with Gasteiger partial charge < -0.3 is 5.32 Å². The maximum absolute atomic E-state index is 13.5. The summed E-state index contributed by atoms with van der Waals surface area (Å²) in [6.07, 6.45) is 1.60. The lowest BCUT2D eigenvalue weighted by Gasteiger charge is -2.08. The summed E-state index contributed by atoms with van der Waals surface area (Å²) in [5, 5.41) is 10.9. The number of nitrogens with zero attached hydrogens (tertiary/aromatic N) is 3. The highest BCUT2D eigenvalue weighted by molar-refractivity contribution is 6.05. The molecule has 0 atom stereocenters. The Labute approximate surface area is 153 Å². The fourth-order valence-electron chi connectivity index (χ4n) is 2.82. The van der Waals surface area contributed by atoms with Crippen LogP contribution in [-0.4, -0.2) is 20.5 Å². The van der Waals surface area contributed by atoms with Crippen LogP contribution in [0, 0.1) is 18.6 Å². The number of halogens is 2. The fourth-order valence-corrected chi connectivity index (χ4v) is 2.82. The zero-order chi connectivity index (χ0) is 19.0. The van der Waals surface area contributed by atoms with Crippen LogP contribution in [0.3, 0.4) is 0 Å². The van der Waals surface area contributed by atoms with E-state index >= 15 is 0 Å². The highest BCUT2D eigenvalue weighted by atomic mass is 19.1. The van der Waals surface area contributed by atoms with Crippen LogP contribution in [0.1, 0.15) is 15.9 Å². The first-order valence-corrected chi connectivity index (χ1v) is 8.19. The Morgan fingerprint density at radius 3 is 2.48 bits per heavy atom. The van der Waals surface area contributed by atoms with Crippen LogP contribution >= 0.6 is 0 Å². The van der Waals surface area contributed by atoms with Crippen molar-refractivity contribution in [3.8, 4) is 11.4 Å². The van der Waals surface area contributed by atoms with E-state index in [-0.39, 0.29) is 17.3 Å². The molecule has 0 aliphatic heterocycles. The fraction of sp³-hybridized carbons (Fsp3) is 0.0500. The highest BCUT2D eigenvalue weighted by Crippen LogP contribution is 2.22. The van der Waals surface area contributed by atoms with Crippen molar-refractivity contribution < 1.29 is 13.6 Å². The van der Waals surface area contributed by atoms with Gasteiger partial charge in [-0.15, -0.1) is 10.2 Å². The van der Waals surface area contributed by atoms with Crippen molar-refractivity contribution in [2.75, 3.05) is 5.32 Å². The molecule has 0 saturated carbocycles. The maximum atomic E-state index is 13.5. The summed E-state index contributed by atoms with van der Waals surface area (Å²) in [6.45, 7) is 1.90. The van der Waals surface area contributed by atoms with Crippen molar-refractivity contribution >= 4 is 17.2 Å². The Kier molecular flexibility index (Phi) is 4.12. The molecule has 4 rings (SSSR count). The molecule has 2 aromatic carbocycles. The van der Waals surface area contributed by atoms with Gasteiger partial charge in [0.1, 0.15) is 11.6 Å². The molecule has 0 bridgehead atoms. The van der Waals surface area contributed by atoms with Gasteiger partial charge in [0.2, 0.25) is 0 Å². The maximum Gasteiger partial charge on any atom is 0.255 e. The molecule has 0 saturated heterocycles. The van der Waals surface area contributed by atoms with Crippen molar-refractivity contribution in [2.45, 2.75) is 6.92 Å².